The van der Waals surface area contributed by atoms with Gasteiger partial charge in [0.05, 0.1) is 6.61 Å². The Morgan fingerprint density at radius 2 is 2.36 bits per heavy atom. The number of nitriles is 1. The lowest BCUT2D eigenvalue weighted by Gasteiger charge is -2.03. The highest BCUT2D eigenvalue weighted by molar-refractivity contribution is 7.51. The summed E-state index contributed by atoms with van der Waals surface area (Å²) in [4.78, 5) is 18.8. The van der Waals surface area contributed by atoms with Crippen LogP contribution in [0.1, 0.15) is 6.42 Å². The number of carbonyl (C=O) groups excluding carboxylic acids is 1. The molecule has 5 nitrogen and oxygen atoms in total. The van der Waals surface area contributed by atoms with Crippen LogP contribution >= 0.6 is 7.60 Å². The van der Waals surface area contributed by atoms with Crippen molar-refractivity contribution in [2.45, 2.75) is 6.42 Å². The van der Waals surface area contributed by atoms with Crippen LogP contribution in [0.2, 0.25) is 0 Å². The van der Waals surface area contributed by atoms with Gasteiger partial charge in [-0.15, -0.1) is 0 Å². The van der Waals surface area contributed by atoms with E-state index < -0.39 is 13.4 Å². The summed E-state index contributed by atoms with van der Waals surface area (Å²) in [5, 5.41) is 7.98. The van der Waals surface area contributed by atoms with E-state index in [0.29, 0.717) is 0 Å². The van der Waals surface area contributed by atoms with Crippen molar-refractivity contribution < 1.29 is 18.8 Å². The van der Waals surface area contributed by atoms with Gasteiger partial charge in [0, 0.05) is 13.1 Å². The van der Waals surface area contributed by atoms with E-state index in [1.54, 1.807) is 0 Å². The summed E-state index contributed by atoms with van der Waals surface area (Å²) >= 11 is 0. The molecule has 0 radical (unpaired) electrons. The number of rotatable bonds is 4. The molecule has 0 heterocycles. The zero-order valence-corrected chi connectivity index (χ0v) is 6.88. The molecule has 11 heavy (non-hydrogen) atoms. The van der Waals surface area contributed by atoms with Crippen molar-refractivity contribution in [3.8, 4) is 6.07 Å². The molecule has 0 aliphatic rings. The average molecular weight is 177 g/mol. The Balaban J connectivity index is 3.53. The third kappa shape index (κ3) is 7.20. The zero-order valence-electron chi connectivity index (χ0n) is 5.98. The molecule has 0 aliphatic carbocycles. The third-order valence-electron chi connectivity index (χ3n) is 0.785. The number of ketones is 1. The Morgan fingerprint density at radius 3 is 2.73 bits per heavy atom. The molecule has 0 spiro atoms. The molecule has 0 saturated heterocycles. The van der Waals surface area contributed by atoms with Crippen LogP contribution in [0.4, 0.5) is 0 Å². The minimum Gasteiger partial charge on any atom is -0.324 e. The van der Waals surface area contributed by atoms with Crippen LogP contribution in [-0.4, -0.2) is 23.9 Å². The summed E-state index contributed by atoms with van der Waals surface area (Å²) in [6.45, 7) is 0.834. The minimum absolute atomic E-state index is 0.144. The van der Waals surface area contributed by atoms with Gasteiger partial charge in [-0.1, -0.05) is 0 Å². The molecule has 0 amide bonds. The number of carbonyl (C=O) groups is 1. The van der Waals surface area contributed by atoms with Crippen LogP contribution in [0.3, 0.4) is 0 Å². The van der Waals surface area contributed by atoms with Crippen molar-refractivity contribution in [2.75, 3.05) is 13.3 Å². The minimum atomic E-state index is -3.49. The van der Waals surface area contributed by atoms with Gasteiger partial charge < -0.3 is 9.42 Å². The second-order valence-corrected chi connectivity index (χ2v) is 3.79. The fourth-order valence-electron chi connectivity index (χ4n) is 0.364. The second-order valence-electron chi connectivity index (χ2n) is 1.92. The normalized spacial score (nSPS) is 15.0. The highest BCUT2D eigenvalue weighted by Crippen LogP contribution is 2.36. The third-order valence-corrected chi connectivity index (χ3v) is 1.45. The smallest absolute Gasteiger partial charge is 0.324 e. The van der Waals surface area contributed by atoms with Crippen LogP contribution in [-0.2, 0) is 13.9 Å². The number of Topliss-reactive ketones (excluding diaryl/α,β-unsaturated/α-hetero) is 1. The molecule has 6 heteroatoms. The predicted molar refractivity (Wildman–Crippen MR) is 36.9 cm³/mol. The van der Waals surface area contributed by atoms with E-state index in [1.165, 1.54) is 6.07 Å². The standard InChI is InChI=1S/C5H8NO4P/c1-11(8,9)10-3-2-5(7)4-6/h2-3H2,1H3,(H,8,9). The molecular weight excluding hydrogens is 169 g/mol. The van der Waals surface area contributed by atoms with Gasteiger partial charge in [0.15, 0.2) is 0 Å². The first-order valence-electron chi connectivity index (χ1n) is 2.83. The van der Waals surface area contributed by atoms with Crippen molar-refractivity contribution in [3.05, 3.63) is 0 Å². The maximum atomic E-state index is 10.4. The lowest BCUT2D eigenvalue weighted by molar-refractivity contribution is -0.114. The van der Waals surface area contributed by atoms with E-state index in [1.807, 2.05) is 0 Å². The molecule has 1 N–H and O–H groups in total. The summed E-state index contributed by atoms with van der Waals surface area (Å²) in [7, 11) is -3.49. The fourth-order valence-corrected chi connectivity index (χ4v) is 0.794. The first-order valence-corrected chi connectivity index (χ1v) is 4.86. The fraction of sp³-hybridized carbons (Fsp3) is 0.600. The van der Waals surface area contributed by atoms with Crippen molar-refractivity contribution in [3.63, 3.8) is 0 Å². The van der Waals surface area contributed by atoms with Crippen LogP contribution in [0.15, 0.2) is 0 Å². The van der Waals surface area contributed by atoms with Crippen LogP contribution in [0.5, 0.6) is 0 Å². The lowest BCUT2D eigenvalue weighted by Crippen LogP contribution is -1.99. The highest BCUT2D eigenvalue weighted by atomic mass is 31.2. The molecule has 0 aliphatic heterocycles. The zero-order chi connectivity index (χ0) is 8.91. The van der Waals surface area contributed by atoms with Gasteiger partial charge in [-0.05, 0) is 0 Å². The Morgan fingerprint density at radius 1 is 1.82 bits per heavy atom. The van der Waals surface area contributed by atoms with Gasteiger partial charge in [0.1, 0.15) is 6.07 Å². The van der Waals surface area contributed by atoms with Gasteiger partial charge in [-0.2, -0.15) is 5.26 Å². The first kappa shape index (κ1) is 10.3. The Kier molecular flexibility index (Phi) is 3.98. The van der Waals surface area contributed by atoms with E-state index in [4.69, 9.17) is 10.2 Å². The molecular formula is C5H8NO4P. The maximum Gasteiger partial charge on any atom is 0.325 e. The number of hydrogen-bond acceptors (Lipinski definition) is 4. The maximum absolute atomic E-state index is 10.4. The van der Waals surface area contributed by atoms with E-state index in [0.717, 1.165) is 6.66 Å². The molecule has 62 valence electrons. The molecule has 0 saturated carbocycles. The van der Waals surface area contributed by atoms with E-state index in [-0.39, 0.29) is 13.0 Å². The summed E-state index contributed by atoms with van der Waals surface area (Å²) in [5.41, 5.74) is 0. The molecule has 0 aromatic rings. The summed E-state index contributed by atoms with van der Waals surface area (Å²) in [6, 6.07) is 1.36. The van der Waals surface area contributed by atoms with E-state index >= 15 is 0 Å². The summed E-state index contributed by atoms with van der Waals surface area (Å²) < 4.78 is 14.8. The van der Waals surface area contributed by atoms with Crippen LogP contribution in [0.25, 0.3) is 0 Å². The van der Waals surface area contributed by atoms with Gasteiger partial charge in [-0.3, -0.25) is 9.36 Å². The number of nitrogens with zero attached hydrogens (tertiary/aromatic N) is 1. The quantitative estimate of drug-likeness (QED) is 0.492. The molecule has 0 fully saturated rings. The van der Waals surface area contributed by atoms with E-state index in [2.05, 4.69) is 4.52 Å². The Labute approximate surface area is 64.1 Å². The van der Waals surface area contributed by atoms with E-state index in [9.17, 15) is 9.36 Å². The molecule has 1 unspecified atom stereocenters. The lowest BCUT2D eigenvalue weighted by atomic mass is 10.3. The second kappa shape index (κ2) is 4.24. The van der Waals surface area contributed by atoms with Crippen LogP contribution < -0.4 is 0 Å². The Hall–Kier alpha value is -0.690. The van der Waals surface area contributed by atoms with Gasteiger partial charge in [0.25, 0.3) is 0 Å². The van der Waals surface area contributed by atoms with Gasteiger partial charge in [0.2, 0.25) is 5.78 Å². The molecule has 0 rings (SSSR count). The Bertz CT molecular complexity index is 225. The highest BCUT2D eigenvalue weighted by Gasteiger charge is 2.10. The number of hydrogen-bond donors (Lipinski definition) is 1. The molecule has 0 aromatic heterocycles. The topological polar surface area (TPSA) is 87.4 Å². The van der Waals surface area contributed by atoms with Crippen molar-refractivity contribution in [1.29, 1.82) is 5.26 Å². The average Bonchev–Trinajstić information content (AvgIpc) is 1.85. The molecule has 1 atom stereocenters. The predicted octanol–water partition coefficient (Wildman–Crippen LogP) is 0.301. The van der Waals surface area contributed by atoms with Crippen molar-refractivity contribution >= 4 is 13.4 Å². The summed E-state index contributed by atoms with van der Waals surface area (Å²) in [5.74, 6) is -0.654. The van der Waals surface area contributed by atoms with Gasteiger partial charge >= 0.3 is 7.60 Å². The largest absolute Gasteiger partial charge is 0.325 e. The van der Waals surface area contributed by atoms with Gasteiger partial charge in [-0.25, -0.2) is 0 Å². The first-order chi connectivity index (χ1) is 4.95. The summed E-state index contributed by atoms with van der Waals surface area (Å²) in [6.07, 6.45) is -0.144. The van der Waals surface area contributed by atoms with Crippen molar-refractivity contribution in [2.24, 2.45) is 0 Å². The van der Waals surface area contributed by atoms with Crippen molar-refractivity contribution in [1.82, 2.24) is 0 Å². The molecule has 0 bridgehead atoms. The SMILES string of the molecule is CP(=O)(O)OCCC(=O)C#N. The monoisotopic (exact) mass is 177 g/mol. The van der Waals surface area contributed by atoms with Crippen LogP contribution in [0, 0.1) is 11.3 Å². The molecule has 0 aromatic carbocycles.